The van der Waals surface area contributed by atoms with Crippen LogP contribution in [0, 0.1) is 12.7 Å². The standard InChI is InChI=1S/C12H16FNO4S/c1-3-6-14(8-12(15)16)19(17,18)11-5-4-10(13)7-9(11)2/h4-5,7H,3,6,8H2,1-2H3,(H,15,16). The average molecular weight is 289 g/mol. The maximum absolute atomic E-state index is 13.0. The third kappa shape index (κ3) is 3.74. The predicted octanol–water partition coefficient (Wildman–Crippen LogP) is 1.62. The van der Waals surface area contributed by atoms with Gasteiger partial charge in [-0.3, -0.25) is 4.79 Å². The van der Waals surface area contributed by atoms with Crippen LogP contribution in [0.3, 0.4) is 0 Å². The molecule has 0 amide bonds. The monoisotopic (exact) mass is 289 g/mol. The first-order valence-electron chi connectivity index (χ1n) is 5.77. The van der Waals surface area contributed by atoms with E-state index in [-0.39, 0.29) is 17.0 Å². The van der Waals surface area contributed by atoms with Crippen molar-refractivity contribution in [3.8, 4) is 0 Å². The molecule has 0 heterocycles. The number of aliphatic carboxylic acids is 1. The molecule has 0 saturated carbocycles. The molecule has 0 atom stereocenters. The second kappa shape index (κ2) is 6.12. The molecule has 1 rings (SSSR count). The summed E-state index contributed by atoms with van der Waals surface area (Å²) in [6.07, 6.45) is 0.493. The van der Waals surface area contributed by atoms with Crippen molar-refractivity contribution in [3.05, 3.63) is 29.6 Å². The highest BCUT2D eigenvalue weighted by Crippen LogP contribution is 2.20. The molecule has 0 aromatic heterocycles. The number of carboxylic acids is 1. The van der Waals surface area contributed by atoms with Crippen molar-refractivity contribution >= 4 is 16.0 Å². The van der Waals surface area contributed by atoms with Crippen LogP contribution >= 0.6 is 0 Å². The molecule has 1 aromatic rings. The minimum atomic E-state index is -3.92. The molecular formula is C12H16FNO4S. The minimum Gasteiger partial charge on any atom is -0.480 e. The number of sulfonamides is 1. The smallest absolute Gasteiger partial charge is 0.318 e. The number of carboxylic acid groups (broad SMARTS) is 1. The Labute approximate surface area is 111 Å². The zero-order valence-corrected chi connectivity index (χ0v) is 11.6. The number of benzene rings is 1. The quantitative estimate of drug-likeness (QED) is 0.863. The van der Waals surface area contributed by atoms with Gasteiger partial charge >= 0.3 is 5.97 Å². The van der Waals surface area contributed by atoms with Gasteiger partial charge in [0.1, 0.15) is 12.4 Å². The highest BCUT2D eigenvalue weighted by atomic mass is 32.2. The molecule has 5 nitrogen and oxygen atoms in total. The Morgan fingerprint density at radius 3 is 2.53 bits per heavy atom. The van der Waals surface area contributed by atoms with Gasteiger partial charge in [0.15, 0.2) is 0 Å². The summed E-state index contributed by atoms with van der Waals surface area (Å²) in [7, 11) is -3.92. The number of rotatable bonds is 6. The Bertz CT molecular complexity index is 571. The number of hydrogen-bond donors (Lipinski definition) is 1. The van der Waals surface area contributed by atoms with Crippen LogP contribution in [0.5, 0.6) is 0 Å². The van der Waals surface area contributed by atoms with E-state index in [0.29, 0.717) is 6.42 Å². The molecule has 0 aliphatic carbocycles. The molecule has 0 aliphatic heterocycles. The van der Waals surface area contributed by atoms with Crippen LogP contribution in [-0.4, -0.2) is 36.9 Å². The fourth-order valence-electron chi connectivity index (χ4n) is 1.73. The van der Waals surface area contributed by atoms with Crippen molar-refractivity contribution in [2.75, 3.05) is 13.1 Å². The minimum absolute atomic E-state index is 0.0661. The molecule has 19 heavy (non-hydrogen) atoms. The molecule has 0 bridgehead atoms. The van der Waals surface area contributed by atoms with E-state index in [4.69, 9.17) is 5.11 Å². The molecular weight excluding hydrogens is 273 g/mol. The van der Waals surface area contributed by atoms with E-state index in [1.807, 2.05) is 0 Å². The normalized spacial score (nSPS) is 11.8. The van der Waals surface area contributed by atoms with E-state index in [9.17, 15) is 17.6 Å². The van der Waals surface area contributed by atoms with E-state index in [0.717, 1.165) is 22.5 Å². The Morgan fingerprint density at radius 2 is 2.05 bits per heavy atom. The van der Waals surface area contributed by atoms with E-state index in [1.54, 1.807) is 6.92 Å². The Balaban J connectivity index is 3.22. The average Bonchev–Trinajstić information content (AvgIpc) is 2.27. The molecule has 0 unspecified atom stereocenters. The number of carbonyl (C=O) groups is 1. The maximum Gasteiger partial charge on any atom is 0.318 e. The van der Waals surface area contributed by atoms with Crippen molar-refractivity contribution in [1.29, 1.82) is 0 Å². The zero-order chi connectivity index (χ0) is 14.6. The first kappa shape index (κ1) is 15.6. The van der Waals surface area contributed by atoms with Crippen LogP contribution < -0.4 is 0 Å². The van der Waals surface area contributed by atoms with Crippen molar-refractivity contribution in [3.63, 3.8) is 0 Å². The van der Waals surface area contributed by atoms with Gasteiger partial charge in [0.25, 0.3) is 0 Å². The van der Waals surface area contributed by atoms with E-state index < -0.39 is 28.4 Å². The highest BCUT2D eigenvalue weighted by molar-refractivity contribution is 7.89. The van der Waals surface area contributed by atoms with Gasteiger partial charge in [-0.1, -0.05) is 6.92 Å². The lowest BCUT2D eigenvalue weighted by atomic mass is 10.2. The summed E-state index contributed by atoms with van der Waals surface area (Å²) in [5.41, 5.74) is 0.256. The fraction of sp³-hybridized carbons (Fsp3) is 0.417. The first-order valence-corrected chi connectivity index (χ1v) is 7.21. The molecule has 0 spiro atoms. The molecule has 0 fully saturated rings. The van der Waals surface area contributed by atoms with Crippen LogP contribution in [0.15, 0.2) is 23.1 Å². The molecule has 0 radical (unpaired) electrons. The van der Waals surface area contributed by atoms with Gasteiger partial charge in [0.2, 0.25) is 10.0 Å². The largest absolute Gasteiger partial charge is 0.480 e. The highest BCUT2D eigenvalue weighted by Gasteiger charge is 2.27. The van der Waals surface area contributed by atoms with Crippen LogP contribution in [0.25, 0.3) is 0 Å². The van der Waals surface area contributed by atoms with E-state index >= 15 is 0 Å². The van der Waals surface area contributed by atoms with E-state index in [1.165, 1.54) is 6.92 Å². The Kier molecular flexibility index (Phi) is 5.02. The van der Waals surface area contributed by atoms with Gasteiger partial charge in [-0.05, 0) is 37.1 Å². The second-order valence-corrected chi connectivity index (χ2v) is 6.05. The van der Waals surface area contributed by atoms with Crippen molar-refractivity contribution in [2.24, 2.45) is 0 Å². The lowest BCUT2D eigenvalue weighted by molar-refractivity contribution is -0.137. The predicted molar refractivity (Wildman–Crippen MR) is 67.8 cm³/mol. The molecule has 0 aliphatic rings. The summed E-state index contributed by atoms with van der Waals surface area (Å²) >= 11 is 0. The SMILES string of the molecule is CCCN(CC(=O)O)S(=O)(=O)c1ccc(F)cc1C. The Hall–Kier alpha value is -1.47. The lowest BCUT2D eigenvalue weighted by Gasteiger charge is -2.20. The fourth-order valence-corrected chi connectivity index (χ4v) is 3.41. The molecule has 106 valence electrons. The first-order chi connectivity index (χ1) is 8.78. The van der Waals surface area contributed by atoms with Gasteiger partial charge in [0, 0.05) is 6.54 Å². The van der Waals surface area contributed by atoms with Crippen molar-refractivity contribution < 1.29 is 22.7 Å². The maximum atomic E-state index is 13.0. The summed E-state index contributed by atoms with van der Waals surface area (Å²) in [5, 5.41) is 8.77. The third-order valence-corrected chi connectivity index (χ3v) is 4.54. The summed E-state index contributed by atoms with van der Waals surface area (Å²) in [4.78, 5) is 10.7. The Morgan fingerprint density at radius 1 is 1.42 bits per heavy atom. The van der Waals surface area contributed by atoms with Crippen molar-refractivity contribution in [1.82, 2.24) is 4.31 Å². The summed E-state index contributed by atoms with van der Waals surface area (Å²) < 4.78 is 38.5. The summed E-state index contributed by atoms with van der Waals surface area (Å²) in [6, 6.07) is 3.31. The molecule has 1 aromatic carbocycles. The topological polar surface area (TPSA) is 74.7 Å². The van der Waals surface area contributed by atoms with Gasteiger partial charge in [-0.2, -0.15) is 4.31 Å². The van der Waals surface area contributed by atoms with Gasteiger partial charge in [-0.25, -0.2) is 12.8 Å². The summed E-state index contributed by atoms with van der Waals surface area (Å²) in [5.74, 6) is -1.76. The number of halogens is 1. The molecule has 0 saturated heterocycles. The van der Waals surface area contributed by atoms with Crippen LogP contribution in [-0.2, 0) is 14.8 Å². The molecule has 1 N–H and O–H groups in total. The second-order valence-electron chi connectivity index (χ2n) is 4.14. The van der Waals surface area contributed by atoms with Crippen LogP contribution in [0.4, 0.5) is 4.39 Å². The summed E-state index contributed by atoms with van der Waals surface area (Å²) in [6.45, 7) is 2.72. The van der Waals surface area contributed by atoms with Crippen molar-refractivity contribution in [2.45, 2.75) is 25.2 Å². The van der Waals surface area contributed by atoms with Gasteiger partial charge < -0.3 is 5.11 Å². The van der Waals surface area contributed by atoms with Gasteiger partial charge in [-0.15, -0.1) is 0 Å². The number of aryl methyl sites for hydroxylation is 1. The van der Waals surface area contributed by atoms with E-state index in [2.05, 4.69) is 0 Å². The third-order valence-electron chi connectivity index (χ3n) is 2.54. The number of hydrogen-bond acceptors (Lipinski definition) is 3. The number of nitrogens with zero attached hydrogens (tertiary/aromatic N) is 1. The van der Waals surface area contributed by atoms with Gasteiger partial charge in [0.05, 0.1) is 4.90 Å². The van der Waals surface area contributed by atoms with Crippen LogP contribution in [0.2, 0.25) is 0 Å². The lowest BCUT2D eigenvalue weighted by Crippen LogP contribution is -2.36. The zero-order valence-electron chi connectivity index (χ0n) is 10.8. The molecule has 7 heteroatoms. The van der Waals surface area contributed by atoms with Crippen LogP contribution in [0.1, 0.15) is 18.9 Å².